The first-order valence-electron chi connectivity index (χ1n) is 14.9. The molecule has 5 aromatic rings. The lowest BCUT2D eigenvalue weighted by molar-refractivity contribution is -0.156. The maximum absolute atomic E-state index is 14.4. The Kier molecular flexibility index (Phi) is 9.46. The van der Waals surface area contributed by atoms with E-state index < -0.39 is 31.4 Å². The number of fused-ring (bicyclic) bond motifs is 4. The van der Waals surface area contributed by atoms with Crippen molar-refractivity contribution in [1.29, 1.82) is 0 Å². The molecule has 0 radical (unpaired) electrons. The zero-order valence-corrected chi connectivity index (χ0v) is 27.3. The number of ether oxygens (including phenoxy) is 2. The summed E-state index contributed by atoms with van der Waals surface area (Å²) >= 11 is 0. The monoisotopic (exact) mass is 633 g/mol. The SMILES string of the molecule is CCOCc1nc2c(N)nc3ccccc3c2n1[C@H](C)CO[P@@](=O)(N[C@@H](C)C(=O)OC(C)(C)C)Oc1ccc2ccccc2c1. The van der Waals surface area contributed by atoms with Gasteiger partial charge in [0.25, 0.3) is 0 Å². The van der Waals surface area contributed by atoms with Gasteiger partial charge in [0, 0.05) is 12.0 Å². The van der Waals surface area contributed by atoms with Gasteiger partial charge in [0.15, 0.2) is 5.82 Å². The summed E-state index contributed by atoms with van der Waals surface area (Å²) in [7, 11) is -4.16. The number of pyridine rings is 1. The molecular formula is C33H40N5O6P. The fraction of sp³-hybridized carbons (Fsp3) is 0.364. The number of rotatable bonds is 12. The van der Waals surface area contributed by atoms with Gasteiger partial charge >= 0.3 is 13.7 Å². The normalized spacial score (nSPS) is 14.8. The molecule has 12 heteroatoms. The van der Waals surface area contributed by atoms with E-state index in [9.17, 15) is 9.36 Å². The third-order valence-corrected chi connectivity index (χ3v) is 8.69. The van der Waals surface area contributed by atoms with Gasteiger partial charge in [-0.25, -0.2) is 14.5 Å². The molecule has 0 fully saturated rings. The predicted molar refractivity (Wildman–Crippen MR) is 176 cm³/mol. The van der Waals surface area contributed by atoms with Crippen molar-refractivity contribution in [2.24, 2.45) is 0 Å². The van der Waals surface area contributed by atoms with E-state index >= 15 is 0 Å². The average molecular weight is 634 g/mol. The summed E-state index contributed by atoms with van der Waals surface area (Å²) in [6.07, 6.45) is 0. The highest BCUT2D eigenvalue weighted by Crippen LogP contribution is 2.46. The Bertz CT molecular complexity index is 1890. The summed E-state index contributed by atoms with van der Waals surface area (Å²) in [4.78, 5) is 22.2. The second-order valence-electron chi connectivity index (χ2n) is 11.9. The highest BCUT2D eigenvalue weighted by Gasteiger charge is 2.35. The van der Waals surface area contributed by atoms with Crippen LogP contribution in [0.2, 0.25) is 0 Å². The van der Waals surface area contributed by atoms with Crippen LogP contribution in [0.3, 0.4) is 0 Å². The molecule has 3 atom stereocenters. The van der Waals surface area contributed by atoms with Crippen molar-refractivity contribution in [1.82, 2.24) is 19.6 Å². The maximum atomic E-state index is 14.4. The summed E-state index contributed by atoms with van der Waals surface area (Å²) in [6.45, 7) is 11.3. The van der Waals surface area contributed by atoms with E-state index in [-0.39, 0.29) is 13.2 Å². The number of para-hydroxylation sites is 1. The van der Waals surface area contributed by atoms with Crippen molar-refractivity contribution in [2.75, 3.05) is 18.9 Å². The van der Waals surface area contributed by atoms with Crippen molar-refractivity contribution in [2.45, 2.75) is 65.8 Å². The Morgan fingerprint density at radius 3 is 2.47 bits per heavy atom. The lowest BCUT2D eigenvalue weighted by atomic mass is 10.1. The van der Waals surface area contributed by atoms with Crippen LogP contribution in [0.15, 0.2) is 66.7 Å². The van der Waals surface area contributed by atoms with E-state index in [4.69, 9.17) is 29.2 Å². The van der Waals surface area contributed by atoms with Crippen LogP contribution < -0.4 is 15.3 Å². The summed E-state index contributed by atoms with van der Waals surface area (Å²) in [5.74, 6) is 0.652. The topological polar surface area (TPSA) is 140 Å². The Morgan fingerprint density at radius 1 is 1.02 bits per heavy atom. The number of nitrogens with zero attached hydrogens (tertiary/aromatic N) is 3. The second kappa shape index (κ2) is 13.1. The van der Waals surface area contributed by atoms with Crippen LogP contribution in [-0.2, 0) is 30.0 Å². The first-order valence-corrected chi connectivity index (χ1v) is 16.5. The van der Waals surface area contributed by atoms with E-state index in [1.807, 2.05) is 73.0 Å². The third-order valence-electron chi connectivity index (χ3n) is 7.05. The van der Waals surface area contributed by atoms with Crippen LogP contribution in [-0.4, -0.2) is 45.4 Å². The van der Waals surface area contributed by atoms with Crippen molar-refractivity contribution >= 4 is 52.2 Å². The summed E-state index contributed by atoms with van der Waals surface area (Å²) < 4.78 is 39.8. The molecule has 3 aromatic carbocycles. The number of benzene rings is 3. The number of nitrogens with one attached hydrogen (secondary N) is 1. The Balaban J connectivity index is 1.49. The number of aromatic nitrogens is 3. The molecular weight excluding hydrogens is 593 g/mol. The van der Waals surface area contributed by atoms with Crippen LogP contribution in [0.4, 0.5) is 5.82 Å². The van der Waals surface area contributed by atoms with Gasteiger partial charge in [-0.3, -0.25) is 9.32 Å². The van der Waals surface area contributed by atoms with Crippen LogP contribution >= 0.6 is 7.75 Å². The fourth-order valence-corrected chi connectivity index (χ4v) is 6.62. The molecule has 0 aliphatic heterocycles. The highest BCUT2D eigenvalue weighted by molar-refractivity contribution is 7.52. The van der Waals surface area contributed by atoms with Crippen molar-refractivity contribution in [3.05, 3.63) is 72.6 Å². The van der Waals surface area contributed by atoms with Gasteiger partial charge in [0.05, 0.1) is 23.7 Å². The molecule has 0 aliphatic rings. The van der Waals surface area contributed by atoms with Gasteiger partial charge in [0.1, 0.15) is 35.3 Å². The smallest absolute Gasteiger partial charge is 0.459 e. The molecule has 0 bridgehead atoms. The number of esters is 1. The molecule has 0 aliphatic carbocycles. The van der Waals surface area contributed by atoms with Crippen molar-refractivity contribution in [3.8, 4) is 5.75 Å². The molecule has 2 heterocycles. The Hall–Kier alpha value is -4.02. The van der Waals surface area contributed by atoms with E-state index in [0.29, 0.717) is 29.5 Å². The molecule has 5 rings (SSSR count). The Labute approximate surface area is 262 Å². The number of imidazole rings is 1. The van der Waals surface area contributed by atoms with E-state index in [1.54, 1.807) is 39.8 Å². The number of hydrogen-bond donors (Lipinski definition) is 2. The zero-order valence-electron chi connectivity index (χ0n) is 26.4. The van der Waals surface area contributed by atoms with Crippen LogP contribution in [0.1, 0.15) is 53.4 Å². The number of nitrogen functional groups attached to an aromatic ring is 1. The molecule has 0 unspecified atom stereocenters. The van der Waals surface area contributed by atoms with Gasteiger partial charge in [-0.15, -0.1) is 0 Å². The lowest BCUT2D eigenvalue weighted by Crippen LogP contribution is -2.39. The van der Waals surface area contributed by atoms with Gasteiger partial charge in [0.2, 0.25) is 0 Å². The quantitative estimate of drug-likeness (QED) is 0.110. The molecule has 0 saturated carbocycles. The molecule has 11 nitrogen and oxygen atoms in total. The van der Waals surface area contributed by atoms with Crippen molar-refractivity contribution in [3.63, 3.8) is 0 Å². The van der Waals surface area contributed by atoms with Crippen LogP contribution in [0, 0.1) is 0 Å². The lowest BCUT2D eigenvalue weighted by Gasteiger charge is -2.27. The minimum Gasteiger partial charge on any atom is -0.459 e. The standard InChI is InChI=1S/C33H40N5O6P/c1-7-41-20-28-36-29-30(26-14-10-11-15-27(26)35-31(29)34)38(28)21(2)19-42-45(40,37-22(3)32(39)43-33(4,5)6)44-25-17-16-23-12-8-9-13-24(23)18-25/h8-18,21-22H,7,19-20H2,1-6H3,(H2,34,35)(H,37,40)/t21-,22+,45+/m1/s1. The highest BCUT2D eigenvalue weighted by atomic mass is 31.2. The molecule has 2 aromatic heterocycles. The van der Waals surface area contributed by atoms with E-state index in [2.05, 4.69) is 10.1 Å². The van der Waals surface area contributed by atoms with E-state index in [1.165, 1.54) is 0 Å². The summed E-state index contributed by atoms with van der Waals surface area (Å²) in [5.41, 5.74) is 7.65. The first kappa shape index (κ1) is 32.4. The number of hydrogen-bond acceptors (Lipinski definition) is 9. The minimum absolute atomic E-state index is 0.0694. The Morgan fingerprint density at radius 2 is 1.73 bits per heavy atom. The number of anilines is 1. The molecule has 0 saturated heterocycles. The first-order chi connectivity index (χ1) is 21.4. The van der Waals surface area contributed by atoms with Crippen molar-refractivity contribution < 1.29 is 27.9 Å². The zero-order chi connectivity index (χ0) is 32.4. The number of nitrogens with two attached hydrogens (primary N) is 1. The van der Waals surface area contributed by atoms with Gasteiger partial charge in [-0.05, 0) is 70.5 Å². The van der Waals surface area contributed by atoms with Crippen LogP contribution in [0.25, 0.3) is 32.7 Å². The molecule has 0 spiro atoms. The average Bonchev–Trinajstić information content (AvgIpc) is 3.38. The summed E-state index contributed by atoms with van der Waals surface area (Å²) in [5, 5.41) is 5.55. The van der Waals surface area contributed by atoms with Gasteiger partial charge < -0.3 is 24.3 Å². The van der Waals surface area contributed by atoms with Crippen LogP contribution in [0.5, 0.6) is 5.75 Å². The largest absolute Gasteiger partial charge is 0.459 e. The molecule has 238 valence electrons. The minimum atomic E-state index is -4.16. The van der Waals surface area contributed by atoms with E-state index in [0.717, 1.165) is 27.2 Å². The molecule has 45 heavy (non-hydrogen) atoms. The number of carbonyl (C=O) groups is 1. The number of carbonyl (C=O) groups excluding carboxylic acids is 1. The van der Waals surface area contributed by atoms with Gasteiger partial charge in [-0.1, -0.05) is 48.5 Å². The second-order valence-corrected chi connectivity index (χ2v) is 13.6. The molecule has 0 amide bonds. The fourth-order valence-electron chi connectivity index (χ4n) is 5.05. The third kappa shape index (κ3) is 7.45. The summed E-state index contributed by atoms with van der Waals surface area (Å²) in [6, 6.07) is 19.4. The maximum Gasteiger partial charge on any atom is 0.459 e. The predicted octanol–water partition coefficient (Wildman–Crippen LogP) is 6.94. The van der Waals surface area contributed by atoms with Gasteiger partial charge in [-0.2, -0.15) is 5.09 Å². The molecule has 3 N–H and O–H groups in total.